The lowest BCUT2D eigenvalue weighted by molar-refractivity contribution is -0.135. The molecule has 1 aliphatic carbocycles. The second-order valence-corrected chi connectivity index (χ2v) is 4.95. The average molecular weight is 229 g/mol. The fourth-order valence-electron chi connectivity index (χ4n) is 1.99. The highest BCUT2D eigenvalue weighted by Gasteiger charge is 2.33. The molecule has 1 aliphatic heterocycles. The van der Waals surface area contributed by atoms with Gasteiger partial charge in [-0.15, -0.1) is 0 Å². The van der Waals surface area contributed by atoms with Gasteiger partial charge >= 0.3 is 0 Å². The number of hydrogen-bond acceptors (Lipinski definition) is 2. The summed E-state index contributed by atoms with van der Waals surface area (Å²) in [5.41, 5.74) is 0. The lowest BCUT2D eigenvalue weighted by Gasteiger charge is -2.32. The second kappa shape index (κ2) is 4.54. The van der Waals surface area contributed by atoms with Gasteiger partial charge in [0.1, 0.15) is 0 Å². The number of halogens is 1. The summed E-state index contributed by atoms with van der Waals surface area (Å²) in [6.45, 7) is 4.94. The van der Waals surface area contributed by atoms with E-state index in [-0.39, 0.29) is 11.9 Å². The van der Waals surface area contributed by atoms with E-state index in [1.165, 1.54) is 12.8 Å². The number of rotatable bonds is 4. The summed E-state index contributed by atoms with van der Waals surface area (Å²) >= 11 is 5.73. The minimum atomic E-state index is 0.0160. The first-order valence-corrected chi connectivity index (χ1v) is 5.93. The number of likely N-dealkylation sites (tertiary alicyclic amines) is 1. The molecule has 0 aromatic carbocycles. The van der Waals surface area contributed by atoms with Gasteiger partial charge in [-0.2, -0.15) is 0 Å². The molecule has 2 aliphatic rings. The molecule has 0 aromatic heterocycles. The Hall–Kier alpha value is -0.540. The van der Waals surface area contributed by atoms with Gasteiger partial charge in [0.25, 0.3) is 0 Å². The van der Waals surface area contributed by atoms with Crippen molar-refractivity contribution in [1.82, 2.24) is 10.2 Å². The van der Waals surface area contributed by atoms with Crippen LogP contribution in [0.4, 0.5) is 0 Å². The molecular formula is C11H17ClN2O. The summed E-state index contributed by atoms with van der Waals surface area (Å²) in [6.07, 6.45) is 4.44. The number of hydrogen-bond donors (Lipinski definition) is 1. The molecule has 0 bridgehead atoms. The van der Waals surface area contributed by atoms with Crippen LogP contribution in [0.15, 0.2) is 11.6 Å². The third kappa shape index (κ3) is 2.95. The zero-order valence-electron chi connectivity index (χ0n) is 8.84. The molecule has 15 heavy (non-hydrogen) atoms. The van der Waals surface area contributed by atoms with Gasteiger partial charge in [0.2, 0.25) is 5.91 Å². The Bertz CT molecular complexity index is 276. The zero-order chi connectivity index (χ0) is 10.8. The van der Waals surface area contributed by atoms with Crippen molar-refractivity contribution >= 4 is 17.5 Å². The zero-order valence-corrected chi connectivity index (χ0v) is 9.59. The van der Waals surface area contributed by atoms with Gasteiger partial charge in [0.05, 0.1) is 12.6 Å². The average Bonchev–Trinajstić information content (AvgIpc) is 2.95. The van der Waals surface area contributed by atoms with Crippen molar-refractivity contribution in [3.63, 3.8) is 0 Å². The van der Waals surface area contributed by atoms with Crippen molar-refractivity contribution in [2.24, 2.45) is 0 Å². The lowest BCUT2D eigenvalue weighted by atomic mass is 10.0. The highest BCUT2D eigenvalue weighted by molar-refractivity contribution is 6.29. The van der Waals surface area contributed by atoms with Crippen LogP contribution in [0.1, 0.15) is 25.7 Å². The van der Waals surface area contributed by atoms with Crippen LogP contribution in [-0.2, 0) is 4.79 Å². The molecule has 3 nitrogen and oxygen atoms in total. The van der Waals surface area contributed by atoms with E-state index < -0.39 is 0 Å². The molecule has 1 heterocycles. The van der Waals surface area contributed by atoms with E-state index in [2.05, 4.69) is 11.9 Å². The number of nitrogens with zero attached hydrogens (tertiary/aromatic N) is 1. The van der Waals surface area contributed by atoms with Crippen LogP contribution in [0.3, 0.4) is 0 Å². The normalized spacial score (nSPS) is 26.9. The summed E-state index contributed by atoms with van der Waals surface area (Å²) in [5.74, 6) is 0.190. The lowest BCUT2D eigenvalue weighted by Crippen LogP contribution is -2.51. The van der Waals surface area contributed by atoms with Crippen LogP contribution in [0.2, 0.25) is 0 Å². The Labute approximate surface area is 95.5 Å². The fourth-order valence-corrected chi connectivity index (χ4v) is 2.14. The number of nitrogens with one attached hydrogen (secondary N) is 1. The van der Waals surface area contributed by atoms with Crippen molar-refractivity contribution in [1.29, 1.82) is 0 Å². The predicted octanol–water partition coefficient (Wildman–Crippen LogP) is 1.48. The standard InChI is InChI=1S/C11H17ClN2O/c1-8(12)7-14-6-2-3-10(11(14)15)13-9-4-5-9/h9-10,13H,1-7H2. The van der Waals surface area contributed by atoms with Crippen molar-refractivity contribution < 1.29 is 4.79 Å². The molecule has 1 saturated carbocycles. The van der Waals surface area contributed by atoms with Crippen molar-refractivity contribution in [3.05, 3.63) is 11.6 Å². The van der Waals surface area contributed by atoms with Gasteiger partial charge in [-0.1, -0.05) is 18.2 Å². The molecule has 4 heteroatoms. The van der Waals surface area contributed by atoms with Crippen LogP contribution in [-0.4, -0.2) is 36.0 Å². The van der Waals surface area contributed by atoms with E-state index in [0.29, 0.717) is 17.6 Å². The Kier molecular flexibility index (Phi) is 3.32. The molecule has 0 spiro atoms. The van der Waals surface area contributed by atoms with Crippen LogP contribution >= 0.6 is 11.6 Å². The third-order valence-corrected chi connectivity index (χ3v) is 3.03. The molecule has 0 radical (unpaired) electrons. The van der Waals surface area contributed by atoms with Crippen molar-refractivity contribution in [2.45, 2.75) is 37.8 Å². The van der Waals surface area contributed by atoms with Gasteiger partial charge in [0, 0.05) is 17.6 Å². The topological polar surface area (TPSA) is 32.3 Å². The molecular weight excluding hydrogens is 212 g/mol. The SMILES string of the molecule is C=C(Cl)CN1CCCC(NC2CC2)C1=O. The first kappa shape index (κ1) is 11.0. The third-order valence-electron chi connectivity index (χ3n) is 2.91. The molecule has 1 atom stereocenters. The second-order valence-electron chi connectivity index (χ2n) is 4.41. The molecule has 0 aromatic rings. The number of piperidine rings is 1. The van der Waals surface area contributed by atoms with Crippen molar-refractivity contribution in [2.75, 3.05) is 13.1 Å². The van der Waals surface area contributed by atoms with E-state index >= 15 is 0 Å². The van der Waals surface area contributed by atoms with Gasteiger partial charge in [-0.25, -0.2) is 0 Å². The summed E-state index contributed by atoms with van der Waals surface area (Å²) in [4.78, 5) is 13.8. The Morgan fingerprint density at radius 2 is 2.27 bits per heavy atom. The molecule has 84 valence electrons. The number of carbonyl (C=O) groups is 1. The summed E-state index contributed by atoms with van der Waals surface area (Å²) < 4.78 is 0. The smallest absolute Gasteiger partial charge is 0.240 e. The highest BCUT2D eigenvalue weighted by Crippen LogP contribution is 2.22. The summed E-state index contributed by atoms with van der Waals surface area (Å²) in [6, 6.07) is 0.598. The van der Waals surface area contributed by atoms with Crippen LogP contribution < -0.4 is 5.32 Å². The van der Waals surface area contributed by atoms with Crippen LogP contribution in [0, 0.1) is 0 Å². The number of amides is 1. The molecule has 2 rings (SSSR count). The first-order chi connectivity index (χ1) is 7.16. The van der Waals surface area contributed by atoms with E-state index in [9.17, 15) is 4.79 Å². The van der Waals surface area contributed by atoms with E-state index in [0.717, 1.165) is 19.4 Å². The van der Waals surface area contributed by atoms with Gasteiger partial charge < -0.3 is 10.2 Å². The Morgan fingerprint density at radius 1 is 1.53 bits per heavy atom. The fraction of sp³-hybridized carbons (Fsp3) is 0.727. The van der Waals surface area contributed by atoms with Crippen LogP contribution in [0.5, 0.6) is 0 Å². The minimum absolute atomic E-state index is 0.0160. The monoisotopic (exact) mass is 228 g/mol. The van der Waals surface area contributed by atoms with E-state index in [1.807, 2.05) is 0 Å². The molecule has 1 saturated heterocycles. The predicted molar refractivity (Wildman–Crippen MR) is 60.8 cm³/mol. The largest absolute Gasteiger partial charge is 0.336 e. The van der Waals surface area contributed by atoms with Gasteiger partial charge in [0.15, 0.2) is 0 Å². The Morgan fingerprint density at radius 3 is 2.87 bits per heavy atom. The summed E-state index contributed by atoms with van der Waals surface area (Å²) in [5, 5.41) is 3.92. The van der Waals surface area contributed by atoms with Gasteiger partial charge in [-0.05, 0) is 25.7 Å². The van der Waals surface area contributed by atoms with Crippen LogP contribution in [0.25, 0.3) is 0 Å². The molecule has 1 N–H and O–H groups in total. The molecule has 2 fully saturated rings. The number of carbonyl (C=O) groups excluding carboxylic acids is 1. The van der Waals surface area contributed by atoms with E-state index in [4.69, 9.17) is 11.6 Å². The maximum absolute atomic E-state index is 12.0. The first-order valence-electron chi connectivity index (χ1n) is 5.55. The van der Waals surface area contributed by atoms with E-state index in [1.54, 1.807) is 4.90 Å². The summed E-state index contributed by atoms with van der Waals surface area (Å²) in [7, 11) is 0. The maximum atomic E-state index is 12.0. The quantitative estimate of drug-likeness (QED) is 0.791. The van der Waals surface area contributed by atoms with Gasteiger partial charge in [-0.3, -0.25) is 4.79 Å². The minimum Gasteiger partial charge on any atom is -0.336 e. The van der Waals surface area contributed by atoms with Crippen molar-refractivity contribution in [3.8, 4) is 0 Å². The Balaban J connectivity index is 1.89. The molecule has 1 unspecified atom stereocenters. The highest BCUT2D eigenvalue weighted by atomic mass is 35.5. The maximum Gasteiger partial charge on any atom is 0.240 e. The molecule has 1 amide bonds.